The van der Waals surface area contributed by atoms with E-state index in [4.69, 9.17) is 33.5 Å². The Bertz CT molecular complexity index is 1110. The van der Waals surface area contributed by atoms with Gasteiger partial charge < -0.3 is 15.4 Å². The van der Waals surface area contributed by atoms with Crippen LogP contribution >= 0.6 is 30.9 Å². The van der Waals surface area contributed by atoms with Gasteiger partial charge in [-0.3, -0.25) is 9.69 Å². The van der Waals surface area contributed by atoms with Gasteiger partial charge in [0.25, 0.3) is 0 Å². The molecular formula is C21H19Cl2N2O5P. The SMILES string of the molecule is N[C@@H](Cc1ccccc1N(c1c(Cl)cccc1Cl)P(=O)(O)Oc1ccccc1)C(=O)O. The number of halogens is 2. The standard InChI is InChI=1S/C21H19Cl2N2O5P/c22-16-10-6-11-17(23)20(16)25(31(28,29)30-15-8-2-1-3-9-15)19-12-5-4-7-14(19)13-18(24)21(26)27/h1-12,18H,13,24H2,(H,26,27)(H,28,29)/t18-/m0/s1. The van der Waals surface area contributed by atoms with Gasteiger partial charge in [-0.05, 0) is 35.9 Å². The molecular weight excluding hydrogens is 462 g/mol. The van der Waals surface area contributed by atoms with Crippen molar-refractivity contribution in [3.8, 4) is 5.75 Å². The van der Waals surface area contributed by atoms with E-state index >= 15 is 0 Å². The minimum atomic E-state index is -4.64. The number of nitrogens with two attached hydrogens (primary N) is 1. The largest absolute Gasteiger partial charge is 0.491 e. The highest BCUT2D eigenvalue weighted by Gasteiger charge is 2.37. The molecule has 0 amide bonds. The molecule has 0 aliphatic carbocycles. The summed E-state index contributed by atoms with van der Waals surface area (Å²) in [6.07, 6.45) is -0.102. The molecule has 7 nitrogen and oxygen atoms in total. The Morgan fingerprint density at radius 1 is 1.00 bits per heavy atom. The highest BCUT2D eigenvalue weighted by molar-refractivity contribution is 7.55. The fourth-order valence-electron chi connectivity index (χ4n) is 2.95. The molecule has 0 aromatic heterocycles. The highest BCUT2D eigenvalue weighted by atomic mass is 35.5. The van der Waals surface area contributed by atoms with Gasteiger partial charge in [-0.1, -0.05) is 65.7 Å². The zero-order valence-corrected chi connectivity index (χ0v) is 18.5. The molecule has 0 saturated carbocycles. The average molecular weight is 481 g/mol. The Morgan fingerprint density at radius 2 is 1.58 bits per heavy atom. The van der Waals surface area contributed by atoms with E-state index in [1.54, 1.807) is 48.5 Å². The lowest BCUT2D eigenvalue weighted by atomic mass is 10.0. The van der Waals surface area contributed by atoms with E-state index in [0.29, 0.717) is 5.56 Å². The molecule has 0 spiro atoms. The number of nitrogens with zero attached hydrogens (tertiary/aromatic N) is 1. The van der Waals surface area contributed by atoms with E-state index < -0.39 is 19.8 Å². The maximum atomic E-state index is 13.6. The fourth-order valence-corrected chi connectivity index (χ4v) is 5.05. The van der Waals surface area contributed by atoms with Crippen molar-refractivity contribution in [2.45, 2.75) is 12.5 Å². The van der Waals surface area contributed by atoms with Crippen LogP contribution in [0.1, 0.15) is 5.56 Å². The lowest BCUT2D eigenvalue weighted by Gasteiger charge is -2.31. The van der Waals surface area contributed by atoms with Crippen LogP contribution in [0.15, 0.2) is 72.8 Å². The third-order valence-electron chi connectivity index (χ3n) is 4.35. The number of aliphatic carboxylic acids is 1. The minimum Gasteiger partial charge on any atom is -0.480 e. The number of carbonyl (C=O) groups is 1. The quantitative estimate of drug-likeness (QED) is 0.376. The smallest absolute Gasteiger partial charge is 0.480 e. The maximum absolute atomic E-state index is 13.6. The molecule has 0 saturated heterocycles. The molecule has 3 aromatic rings. The van der Waals surface area contributed by atoms with Crippen LogP contribution in [-0.2, 0) is 15.8 Å². The number of rotatable bonds is 8. The molecule has 0 heterocycles. The van der Waals surface area contributed by atoms with Gasteiger partial charge in [0.05, 0.1) is 21.4 Å². The maximum Gasteiger partial charge on any atom is 0.491 e. The van der Waals surface area contributed by atoms with E-state index in [1.165, 1.54) is 24.3 Å². The van der Waals surface area contributed by atoms with E-state index in [-0.39, 0.29) is 33.6 Å². The summed E-state index contributed by atoms with van der Waals surface area (Å²) in [7, 11) is -4.64. The Hall–Kier alpha value is -2.54. The topological polar surface area (TPSA) is 113 Å². The van der Waals surface area contributed by atoms with Crippen molar-refractivity contribution in [1.82, 2.24) is 0 Å². The fraction of sp³-hybridized carbons (Fsp3) is 0.0952. The lowest BCUT2D eigenvalue weighted by Crippen LogP contribution is -2.33. The van der Waals surface area contributed by atoms with Crippen molar-refractivity contribution >= 4 is 48.3 Å². The molecule has 4 N–H and O–H groups in total. The van der Waals surface area contributed by atoms with Gasteiger partial charge in [-0.15, -0.1) is 0 Å². The molecule has 0 aliphatic rings. The third-order valence-corrected chi connectivity index (χ3v) is 6.33. The molecule has 2 atom stereocenters. The van der Waals surface area contributed by atoms with Crippen LogP contribution in [0.3, 0.4) is 0 Å². The molecule has 0 bridgehead atoms. The predicted molar refractivity (Wildman–Crippen MR) is 121 cm³/mol. The minimum absolute atomic E-state index is 0.0453. The van der Waals surface area contributed by atoms with Crippen LogP contribution in [-0.4, -0.2) is 22.0 Å². The first kappa shape index (κ1) is 23.1. The Morgan fingerprint density at radius 3 is 2.19 bits per heavy atom. The van der Waals surface area contributed by atoms with Crippen LogP contribution in [0.25, 0.3) is 0 Å². The number of carboxylic acid groups (broad SMARTS) is 1. The summed E-state index contributed by atoms with van der Waals surface area (Å²) in [6.45, 7) is 0. The van der Waals surface area contributed by atoms with Crippen LogP contribution in [0.5, 0.6) is 5.75 Å². The first-order valence-corrected chi connectivity index (χ1v) is 11.4. The first-order chi connectivity index (χ1) is 14.7. The van der Waals surface area contributed by atoms with E-state index in [0.717, 1.165) is 4.67 Å². The molecule has 3 rings (SSSR count). The number of benzene rings is 3. The second-order valence-electron chi connectivity index (χ2n) is 6.55. The van der Waals surface area contributed by atoms with Crippen LogP contribution in [0.2, 0.25) is 10.0 Å². The molecule has 162 valence electrons. The van der Waals surface area contributed by atoms with Gasteiger partial charge in [0, 0.05) is 6.42 Å². The third kappa shape index (κ3) is 5.39. The van der Waals surface area contributed by atoms with Gasteiger partial charge in [0.2, 0.25) is 0 Å². The summed E-state index contributed by atoms with van der Waals surface area (Å²) >= 11 is 12.7. The molecule has 3 aromatic carbocycles. The van der Waals surface area contributed by atoms with Crippen LogP contribution in [0.4, 0.5) is 11.4 Å². The van der Waals surface area contributed by atoms with Gasteiger partial charge in [0.15, 0.2) is 0 Å². The average Bonchev–Trinajstić information content (AvgIpc) is 2.71. The van der Waals surface area contributed by atoms with Crippen LogP contribution in [0, 0.1) is 0 Å². The summed E-state index contributed by atoms with van der Waals surface area (Å²) < 4.78 is 20.0. The van der Waals surface area contributed by atoms with E-state index in [1.807, 2.05) is 0 Å². The van der Waals surface area contributed by atoms with Crippen molar-refractivity contribution in [2.24, 2.45) is 5.73 Å². The van der Waals surface area contributed by atoms with Crippen molar-refractivity contribution in [3.05, 3.63) is 88.4 Å². The normalized spacial score (nSPS) is 13.8. The number of hydrogen-bond acceptors (Lipinski definition) is 4. The molecule has 0 aliphatic heterocycles. The van der Waals surface area contributed by atoms with E-state index in [2.05, 4.69) is 0 Å². The number of para-hydroxylation sites is 3. The summed E-state index contributed by atoms with van der Waals surface area (Å²) in [5.74, 6) is -1.05. The monoisotopic (exact) mass is 480 g/mol. The molecule has 31 heavy (non-hydrogen) atoms. The molecule has 0 radical (unpaired) electrons. The number of hydrogen-bond donors (Lipinski definition) is 3. The second-order valence-corrected chi connectivity index (χ2v) is 8.93. The van der Waals surface area contributed by atoms with Gasteiger partial charge in [0.1, 0.15) is 11.8 Å². The summed E-state index contributed by atoms with van der Waals surface area (Å²) in [4.78, 5) is 22.3. The summed E-state index contributed by atoms with van der Waals surface area (Å²) in [5.41, 5.74) is 6.35. The Kier molecular flexibility index (Phi) is 7.26. The predicted octanol–water partition coefficient (Wildman–Crippen LogP) is 5.27. The first-order valence-electron chi connectivity index (χ1n) is 9.09. The Balaban J connectivity index is 2.19. The summed E-state index contributed by atoms with van der Waals surface area (Å²) in [6, 6.07) is 18.0. The molecule has 1 unspecified atom stereocenters. The van der Waals surface area contributed by atoms with Gasteiger partial charge in [-0.25, -0.2) is 9.24 Å². The number of anilines is 2. The Labute approximate surface area is 189 Å². The van der Waals surface area contributed by atoms with Gasteiger partial charge >= 0.3 is 13.7 Å². The molecule has 10 heteroatoms. The zero-order chi connectivity index (χ0) is 22.6. The van der Waals surface area contributed by atoms with Crippen molar-refractivity contribution in [2.75, 3.05) is 4.67 Å². The number of carboxylic acids is 1. The zero-order valence-electron chi connectivity index (χ0n) is 16.1. The van der Waals surface area contributed by atoms with E-state index in [9.17, 15) is 19.4 Å². The lowest BCUT2D eigenvalue weighted by molar-refractivity contribution is -0.138. The van der Waals surface area contributed by atoms with Crippen molar-refractivity contribution in [1.29, 1.82) is 0 Å². The van der Waals surface area contributed by atoms with Gasteiger partial charge in [-0.2, -0.15) is 0 Å². The molecule has 0 fully saturated rings. The van der Waals surface area contributed by atoms with Crippen LogP contribution < -0.4 is 14.9 Å². The summed E-state index contributed by atoms with van der Waals surface area (Å²) in [5, 5.41) is 9.44. The van der Waals surface area contributed by atoms with Crippen molar-refractivity contribution in [3.63, 3.8) is 0 Å². The van der Waals surface area contributed by atoms with Crippen molar-refractivity contribution < 1.29 is 23.9 Å². The second kappa shape index (κ2) is 9.73. The highest BCUT2D eigenvalue weighted by Crippen LogP contribution is 2.57.